The maximum absolute atomic E-state index is 6.46. The molecule has 0 N–H and O–H groups in total. The van der Waals surface area contributed by atoms with Crippen LogP contribution in [0.25, 0.3) is 295 Å². The van der Waals surface area contributed by atoms with Gasteiger partial charge in [-0.2, -0.15) is 0 Å². The molecule has 33 aromatic rings. The van der Waals surface area contributed by atoms with Crippen LogP contribution < -0.4 is 0 Å². The van der Waals surface area contributed by atoms with Crippen LogP contribution in [-0.4, -0.2) is 27.4 Å². The van der Waals surface area contributed by atoms with E-state index >= 15 is 0 Å². The van der Waals surface area contributed by atoms with Gasteiger partial charge in [0.05, 0.1) is 66.2 Å². The van der Waals surface area contributed by atoms with E-state index in [9.17, 15) is 0 Å². The Bertz CT molecular complexity index is 10900. The lowest BCUT2D eigenvalue weighted by Gasteiger charge is -2.12. The zero-order valence-corrected chi connectivity index (χ0v) is 80.2. The maximum atomic E-state index is 6.46. The van der Waals surface area contributed by atoms with Crippen LogP contribution in [-0.2, 0) is 0 Å². The van der Waals surface area contributed by atoms with Crippen LogP contribution in [0.5, 0.6) is 0 Å². The third-order valence-corrected chi connectivity index (χ3v) is 32.1. The summed E-state index contributed by atoms with van der Waals surface area (Å²) in [5, 5.41) is 30.0. The zero-order valence-electron chi connectivity index (χ0n) is 79.4. The highest BCUT2D eigenvalue weighted by Crippen LogP contribution is 2.50. The van der Waals surface area contributed by atoms with Crippen molar-refractivity contribution in [2.24, 2.45) is 0 Å². The zero-order chi connectivity index (χ0) is 96.2. The molecule has 0 spiro atoms. The molecule has 684 valence electrons. The summed E-state index contributed by atoms with van der Waals surface area (Å²) in [5.74, 6) is 0. The number of nitrogens with zero attached hydrogens (tertiary/aromatic N) is 6. The highest BCUT2D eigenvalue weighted by atomic mass is 32.1. The average molecular weight is 1890 g/mol. The predicted molar refractivity (Wildman–Crippen MR) is 622 cm³/mol. The summed E-state index contributed by atoms with van der Waals surface area (Å²) < 4.78 is 30.1. The molecule has 24 aromatic carbocycles. The summed E-state index contributed by atoms with van der Waals surface area (Å²) >= 11 is 1.88. The van der Waals surface area contributed by atoms with Crippen LogP contribution >= 0.6 is 11.3 Å². The highest BCUT2D eigenvalue weighted by molar-refractivity contribution is 7.26. The Morgan fingerprint density at radius 1 is 0.150 bits per heavy atom. The van der Waals surface area contributed by atoms with Gasteiger partial charge in [-0.25, -0.2) is 0 Å². The van der Waals surface area contributed by atoms with Gasteiger partial charge in [0.2, 0.25) is 0 Å². The molecular weight excluding hydrogens is 1810 g/mol. The second-order valence-corrected chi connectivity index (χ2v) is 39.8. The van der Waals surface area contributed by atoms with E-state index in [4.69, 9.17) is 8.83 Å². The fraction of sp³-hybridized carbons (Fsp3) is 0. The Morgan fingerprint density at radius 3 is 0.878 bits per heavy atom. The Hall–Kier alpha value is -19.3. The minimum atomic E-state index is 0.911. The van der Waals surface area contributed by atoms with Crippen LogP contribution in [0, 0.1) is 0 Å². The first kappa shape index (κ1) is 82.4. The summed E-state index contributed by atoms with van der Waals surface area (Å²) in [7, 11) is 0. The number of hydrogen-bond acceptors (Lipinski definition) is 3. The molecule has 0 saturated carbocycles. The molecule has 0 unspecified atom stereocenters. The van der Waals surface area contributed by atoms with E-state index in [0.29, 0.717) is 0 Å². The summed E-state index contributed by atoms with van der Waals surface area (Å²) in [6.07, 6.45) is 0. The van der Waals surface area contributed by atoms with Gasteiger partial charge in [0.15, 0.2) is 0 Å². The summed E-state index contributed by atoms with van der Waals surface area (Å²) in [5.41, 5.74) is 31.9. The van der Waals surface area contributed by atoms with Gasteiger partial charge >= 0.3 is 0 Å². The van der Waals surface area contributed by atoms with Crippen LogP contribution in [0.1, 0.15) is 0 Å². The number of rotatable bonds is 9. The molecular formula is C138H84N6O2S. The number of fused-ring (bicyclic) bond motifs is 33. The molecule has 8 nitrogen and oxygen atoms in total. The van der Waals surface area contributed by atoms with E-state index in [2.05, 4.69) is 513 Å². The van der Waals surface area contributed by atoms with Crippen LogP contribution in [0.3, 0.4) is 0 Å². The monoisotopic (exact) mass is 1890 g/mol. The largest absolute Gasteiger partial charge is 0.455 e. The van der Waals surface area contributed by atoms with Crippen molar-refractivity contribution >= 4 is 239 Å². The number of aromatic nitrogens is 6. The SMILES string of the molecule is c1ccc(-n2c3cc4c(cc3c3c5ccccc5ccc32)c2ccccc2n4-c2ccc(-c3cccc4c3oc3ccccc34)cc2)cc1.c1ccc(-n2c3cc4c(cc3c3c5ccccc5ccc32)c2ccccc2n4-c2ccc(-c3cccc4c3sc3ccccc34)cc2)cc1.c1ccc(-n2c3cc4c(cc3c3c5ccccc5ccc32)c2ccccc2n4-c2cccc(-c3cccc4c3oc3ccccc34)c2)cc1. The Morgan fingerprint density at radius 2 is 0.449 bits per heavy atom. The first-order valence-corrected chi connectivity index (χ1v) is 51.1. The normalized spacial score (nSPS) is 12.1. The van der Waals surface area contributed by atoms with E-state index < -0.39 is 0 Å². The van der Waals surface area contributed by atoms with E-state index in [1.54, 1.807) is 0 Å². The first-order chi connectivity index (χ1) is 72.9. The van der Waals surface area contributed by atoms with E-state index in [-0.39, 0.29) is 0 Å². The molecule has 9 heterocycles. The van der Waals surface area contributed by atoms with Crippen molar-refractivity contribution in [1.82, 2.24) is 27.4 Å². The lowest BCUT2D eigenvalue weighted by Crippen LogP contribution is -1.96. The number of furan rings is 2. The van der Waals surface area contributed by atoms with Crippen molar-refractivity contribution in [3.05, 3.63) is 510 Å². The van der Waals surface area contributed by atoms with Gasteiger partial charge < -0.3 is 36.2 Å². The van der Waals surface area contributed by atoms with Gasteiger partial charge in [0.1, 0.15) is 22.3 Å². The second kappa shape index (κ2) is 32.6. The fourth-order valence-electron chi connectivity index (χ4n) is 24.5. The van der Waals surface area contributed by atoms with Crippen molar-refractivity contribution in [2.45, 2.75) is 0 Å². The molecule has 0 saturated heterocycles. The lowest BCUT2D eigenvalue weighted by molar-refractivity contribution is 0.669. The maximum Gasteiger partial charge on any atom is 0.143 e. The standard InChI is InChI=1S/2C46H28N2O.C46H28N2S/c1-2-14-31(15-3-1)47-41-25-24-29-12-4-5-17-33(29)45(41)39-27-38-35-18-6-8-22-40(35)48(42(38)28-43(39)47)32-16-10-13-30(26-32)34-20-11-21-37-36-19-7-9-23-44(36)49-46(34)37;2*1-2-12-31(13-3-1)48-41-26-23-29-11-4-5-14-33(29)45(41)39-27-38-35-15-6-8-19-40(35)47(42(38)28-43(39)48)32-24-21-30(22-25-32)34-17-10-18-37-36-16-7-9-20-44(36)49-46(34)37/h3*1-28H. The van der Waals surface area contributed by atoms with Gasteiger partial charge in [-0.3, -0.25) is 0 Å². The van der Waals surface area contributed by atoms with Crippen LogP contribution in [0.4, 0.5) is 0 Å². The highest BCUT2D eigenvalue weighted by Gasteiger charge is 2.27. The average Bonchev–Trinajstić information content (AvgIpc) is 1.55. The smallest absolute Gasteiger partial charge is 0.143 e. The van der Waals surface area contributed by atoms with Gasteiger partial charge in [-0.05, 0) is 218 Å². The van der Waals surface area contributed by atoms with Crippen LogP contribution in [0.15, 0.2) is 518 Å². The Labute approximate surface area is 845 Å². The predicted octanol–water partition coefficient (Wildman–Crippen LogP) is 38.3. The fourth-order valence-corrected chi connectivity index (χ4v) is 25.7. The molecule has 33 rings (SSSR count). The molecule has 147 heavy (non-hydrogen) atoms. The van der Waals surface area contributed by atoms with Gasteiger partial charge in [-0.1, -0.05) is 346 Å². The summed E-state index contributed by atoms with van der Waals surface area (Å²) in [6.45, 7) is 0. The number of thiophene rings is 1. The Balaban J connectivity index is 0.0000000999. The topological polar surface area (TPSA) is 55.9 Å². The van der Waals surface area contributed by atoms with E-state index in [0.717, 1.165) is 94.6 Å². The first-order valence-electron chi connectivity index (χ1n) is 50.3. The third kappa shape index (κ3) is 12.6. The van der Waals surface area contributed by atoms with E-state index in [1.807, 2.05) is 35.6 Å². The molecule has 9 heteroatoms. The second-order valence-electron chi connectivity index (χ2n) is 38.8. The molecule has 0 bridgehead atoms. The molecule has 0 radical (unpaired) electrons. The molecule has 0 fully saturated rings. The molecule has 0 amide bonds. The van der Waals surface area contributed by atoms with Gasteiger partial charge in [0, 0.05) is 152 Å². The minimum Gasteiger partial charge on any atom is -0.455 e. The molecule has 0 atom stereocenters. The third-order valence-electron chi connectivity index (χ3n) is 30.9. The van der Waals surface area contributed by atoms with Gasteiger partial charge in [-0.15, -0.1) is 11.3 Å². The Kier molecular flexibility index (Phi) is 18.3. The molecule has 0 aliphatic carbocycles. The van der Waals surface area contributed by atoms with E-state index in [1.165, 1.54) is 200 Å². The number of para-hydroxylation sites is 10. The minimum absolute atomic E-state index is 0.911. The van der Waals surface area contributed by atoms with Crippen molar-refractivity contribution in [1.29, 1.82) is 0 Å². The molecule has 0 aliphatic heterocycles. The summed E-state index contributed by atoms with van der Waals surface area (Å²) in [4.78, 5) is 0. The quantitative estimate of drug-likeness (QED) is 0.145. The van der Waals surface area contributed by atoms with Crippen molar-refractivity contribution < 1.29 is 8.83 Å². The van der Waals surface area contributed by atoms with Gasteiger partial charge in [0.25, 0.3) is 0 Å². The van der Waals surface area contributed by atoms with Crippen molar-refractivity contribution in [2.75, 3.05) is 0 Å². The number of hydrogen-bond donors (Lipinski definition) is 0. The van der Waals surface area contributed by atoms with Crippen molar-refractivity contribution in [3.8, 4) is 67.5 Å². The molecule has 0 aliphatic rings. The van der Waals surface area contributed by atoms with Crippen molar-refractivity contribution in [3.63, 3.8) is 0 Å². The lowest BCUT2D eigenvalue weighted by atomic mass is 10.0. The number of benzene rings is 24. The van der Waals surface area contributed by atoms with Crippen LogP contribution in [0.2, 0.25) is 0 Å². The molecule has 9 aromatic heterocycles. The summed E-state index contributed by atoms with van der Waals surface area (Å²) in [6, 6.07) is 185.